The molecule has 0 aliphatic carbocycles. The molecule has 0 bridgehead atoms. The van der Waals surface area contributed by atoms with E-state index in [4.69, 9.17) is 9.47 Å². The van der Waals surface area contributed by atoms with E-state index in [1.54, 1.807) is 33.1 Å². The predicted octanol–water partition coefficient (Wildman–Crippen LogP) is 2.51. The van der Waals surface area contributed by atoms with Gasteiger partial charge in [0, 0.05) is 7.11 Å². The molecule has 2 N–H and O–H groups in total. The van der Waals surface area contributed by atoms with Crippen molar-refractivity contribution in [1.29, 1.82) is 0 Å². The van der Waals surface area contributed by atoms with Crippen LogP contribution in [0.2, 0.25) is 0 Å². The van der Waals surface area contributed by atoms with Gasteiger partial charge in [0.2, 0.25) is 10.0 Å². The summed E-state index contributed by atoms with van der Waals surface area (Å²) in [5.74, 6) is 1.58. The lowest BCUT2D eigenvalue weighted by atomic mass is 10.1. The van der Waals surface area contributed by atoms with Crippen molar-refractivity contribution in [3.63, 3.8) is 0 Å². The third-order valence-corrected chi connectivity index (χ3v) is 5.70. The molecule has 29 heavy (non-hydrogen) atoms. The van der Waals surface area contributed by atoms with Gasteiger partial charge in [-0.1, -0.05) is 30.3 Å². The summed E-state index contributed by atoms with van der Waals surface area (Å²) in [6.07, 6.45) is 0. The molecular weight excluding hydrogens is 392 g/mol. The number of benzene rings is 2. The van der Waals surface area contributed by atoms with Crippen molar-refractivity contribution in [2.45, 2.75) is 24.8 Å². The monoisotopic (exact) mass is 416 g/mol. The average Bonchev–Trinajstić information content (AvgIpc) is 3.14. The van der Waals surface area contributed by atoms with Gasteiger partial charge in [0.15, 0.2) is 5.82 Å². The molecule has 154 valence electrons. The fourth-order valence-electron chi connectivity index (χ4n) is 2.81. The number of rotatable bonds is 9. The third kappa shape index (κ3) is 5.20. The maximum atomic E-state index is 13.1. The van der Waals surface area contributed by atoms with E-state index in [0.717, 1.165) is 5.56 Å². The zero-order chi connectivity index (χ0) is 20.9. The van der Waals surface area contributed by atoms with E-state index in [2.05, 4.69) is 19.9 Å². The Balaban J connectivity index is 1.88. The van der Waals surface area contributed by atoms with E-state index in [0.29, 0.717) is 36.2 Å². The number of ether oxygens (including phenoxy) is 2. The second kappa shape index (κ2) is 9.17. The molecule has 3 rings (SSSR count). The van der Waals surface area contributed by atoms with Crippen LogP contribution in [-0.2, 0) is 14.8 Å². The quantitative estimate of drug-likeness (QED) is 0.519. The zero-order valence-electron chi connectivity index (χ0n) is 16.5. The average molecular weight is 417 g/mol. The first kappa shape index (κ1) is 21.0. The summed E-state index contributed by atoms with van der Waals surface area (Å²) in [6, 6.07) is 13.2. The standard InChI is InChI=1S/C20H24N4O4S/c1-14-13-17(9-10-18(14)28-12-11-27-3)29(25,26)24-19(16-7-5-4-6-8-16)20-21-15(2)22-23-20/h4-10,13,19,24H,11-12H2,1-3H3,(H,21,22,23). The van der Waals surface area contributed by atoms with E-state index in [1.807, 2.05) is 30.3 Å². The molecule has 1 unspecified atom stereocenters. The maximum absolute atomic E-state index is 13.1. The molecule has 1 aromatic heterocycles. The van der Waals surface area contributed by atoms with Gasteiger partial charge in [-0.15, -0.1) is 0 Å². The van der Waals surface area contributed by atoms with E-state index in [1.165, 1.54) is 6.07 Å². The van der Waals surface area contributed by atoms with Crippen molar-refractivity contribution in [1.82, 2.24) is 19.9 Å². The second-order valence-electron chi connectivity index (χ2n) is 6.51. The van der Waals surface area contributed by atoms with Gasteiger partial charge in [-0.3, -0.25) is 5.10 Å². The number of nitrogens with one attached hydrogen (secondary N) is 2. The molecule has 0 saturated carbocycles. The second-order valence-corrected chi connectivity index (χ2v) is 8.23. The zero-order valence-corrected chi connectivity index (χ0v) is 17.4. The first-order valence-corrected chi connectivity index (χ1v) is 10.6. The Morgan fingerprint density at radius 2 is 1.86 bits per heavy atom. The smallest absolute Gasteiger partial charge is 0.241 e. The predicted molar refractivity (Wildman–Crippen MR) is 108 cm³/mol. The highest BCUT2D eigenvalue weighted by Gasteiger charge is 2.26. The molecular formula is C20H24N4O4S. The molecule has 0 amide bonds. The van der Waals surface area contributed by atoms with E-state index in [-0.39, 0.29) is 4.90 Å². The number of sulfonamides is 1. The first-order valence-electron chi connectivity index (χ1n) is 9.09. The Morgan fingerprint density at radius 3 is 2.48 bits per heavy atom. The number of aromatic amines is 1. The minimum absolute atomic E-state index is 0.141. The van der Waals surface area contributed by atoms with Crippen LogP contribution in [0.4, 0.5) is 0 Å². The number of hydrogen-bond acceptors (Lipinski definition) is 6. The number of aromatic nitrogens is 3. The molecule has 1 atom stereocenters. The molecule has 0 spiro atoms. The van der Waals surface area contributed by atoms with E-state index >= 15 is 0 Å². The molecule has 0 aliphatic rings. The fraction of sp³-hybridized carbons (Fsp3) is 0.300. The minimum atomic E-state index is -3.84. The van der Waals surface area contributed by atoms with Crippen LogP contribution in [0.1, 0.15) is 28.8 Å². The lowest BCUT2D eigenvalue weighted by Gasteiger charge is -2.17. The SMILES string of the molecule is COCCOc1ccc(S(=O)(=O)NC(c2ccccc2)c2n[nH]c(C)n2)cc1C. The van der Waals surface area contributed by atoms with Crippen LogP contribution in [0.25, 0.3) is 0 Å². The molecule has 0 aliphatic heterocycles. The number of nitrogens with zero attached hydrogens (tertiary/aromatic N) is 2. The minimum Gasteiger partial charge on any atom is -0.491 e. The lowest BCUT2D eigenvalue weighted by Crippen LogP contribution is -2.30. The van der Waals surface area contributed by atoms with Gasteiger partial charge in [0.05, 0.1) is 11.5 Å². The molecule has 3 aromatic rings. The lowest BCUT2D eigenvalue weighted by molar-refractivity contribution is 0.146. The van der Waals surface area contributed by atoms with Crippen molar-refractivity contribution >= 4 is 10.0 Å². The summed E-state index contributed by atoms with van der Waals surface area (Å²) < 4.78 is 39.5. The third-order valence-electron chi connectivity index (χ3n) is 4.28. The van der Waals surface area contributed by atoms with Crippen molar-refractivity contribution in [3.05, 3.63) is 71.3 Å². The van der Waals surface area contributed by atoms with E-state index < -0.39 is 16.1 Å². The molecule has 0 saturated heterocycles. The summed E-state index contributed by atoms with van der Waals surface area (Å²) in [5, 5.41) is 6.91. The van der Waals surface area contributed by atoms with Crippen molar-refractivity contribution in [3.8, 4) is 5.75 Å². The van der Waals surface area contributed by atoms with Crippen LogP contribution < -0.4 is 9.46 Å². The molecule has 2 aromatic carbocycles. The number of hydrogen-bond donors (Lipinski definition) is 2. The summed E-state index contributed by atoms with van der Waals surface area (Å²) in [5.41, 5.74) is 1.46. The van der Waals surface area contributed by atoms with Gasteiger partial charge >= 0.3 is 0 Å². The summed E-state index contributed by atoms with van der Waals surface area (Å²) in [6.45, 7) is 4.41. The van der Waals surface area contributed by atoms with Crippen LogP contribution in [0, 0.1) is 13.8 Å². The Labute approximate surface area is 170 Å². The summed E-state index contributed by atoms with van der Waals surface area (Å²) >= 11 is 0. The van der Waals surface area contributed by atoms with Crippen molar-refractivity contribution in [2.24, 2.45) is 0 Å². The normalized spacial score (nSPS) is 12.7. The van der Waals surface area contributed by atoms with Gasteiger partial charge in [-0.25, -0.2) is 13.4 Å². The number of H-pyrrole nitrogens is 1. The van der Waals surface area contributed by atoms with E-state index in [9.17, 15) is 8.42 Å². The van der Waals surface area contributed by atoms with Crippen molar-refractivity contribution in [2.75, 3.05) is 20.3 Å². The Bertz CT molecular complexity index is 1050. The summed E-state index contributed by atoms with van der Waals surface area (Å²) in [7, 11) is -2.24. The van der Waals surface area contributed by atoms with Gasteiger partial charge in [-0.05, 0) is 43.2 Å². The Morgan fingerprint density at radius 1 is 1.10 bits per heavy atom. The van der Waals surface area contributed by atoms with Crippen LogP contribution in [0.5, 0.6) is 5.75 Å². The molecule has 9 heteroatoms. The Hall–Kier alpha value is -2.75. The largest absolute Gasteiger partial charge is 0.491 e. The first-order chi connectivity index (χ1) is 13.9. The van der Waals surface area contributed by atoms with Gasteiger partial charge < -0.3 is 9.47 Å². The molecule has 0 fully saturated rings. The van der Waals surface area contributed by atoms with Crippen molar-refractivity contribution < 1.29 is 17.9 Å². The van der Waals surface area contributed by atoms with Crippen LogP contribution >= 0.6 is 0 Å². The number of methoxy groups -OCH3 is 1. The van der Waals surface area contributed by atoms with Crippen LogP contribution in [0.15, 0.2) is 53.4 Å². The fourth-order valence-corrected chi connectivity index (χ4v) is 4.08. The van der Waals surface area contributed by atoms with Crippen LogP contribution in [0.3, 0.4) is 0 Å². The Kier molecular flexibility index (Phi) is 6.63. The van der Waals surface area contributed by atoms with Gasteiger partial charge in [0.25, 0.3) is 0 Å². The summed E-state index contributed by atoms with van der Waals surface area (Å²) in [4.78, 5) is 4.45. The molecule has 1 heterocycles. The van der Waals surface area contributed by atoms with Crippen LogP contribution in [-0.4, -0.2) is 43.9 Å². The number of aryl methyl sites for hydroxylation is 2. The molecule has 8 nitrogen and oxygen atoms in total. The highest BCUT2D eigenvalue weighted by molar-refractivity contribution is 7.89. The highest BCUT2D eigenvalue weighted by atomic mass is 32.2. The van der Waals surface area contributed by atoms with Gasteiger partial charge in [0.1, 0.15) is 24.2 Å². The van der Waals surface area contributed by atoms with Gasteiger partial charge in [-0.2, -0.15) is 9.82 Å². The topological polar surface area (TPSA) is 106 Å². The maximum Gasteiger partial charge on any atom is 0.241 e. The highest BCUT2D eigenvalue weighted by Crippen LogP contribution is 2.25. The molecule has 0 radical (unpaired) electrons.